The number of rotatable bonds is 2. The summed E-state index contributed by atoms with van der Waals surface area (Å²) in [5.41, 5.74) is 0. The molecule has 3 atom stereocenters. The average Bonchev–Trinajstić information content (AvgIpc) is 2.68. The summed E-state index contributed by atoms with van der Waals surface area (Å²) in [5, 5.41) is 3.29. The van der Waals surface area contributed by atoms with Crippen molar-refractivity contribution in [3.63, 3.8) is 0 Å². The summed E-state index contributed by atoms with van der Waals surface area (Å²) in [5.74, 6) is 1.04. The predicted molar refractivity (Wildman–Crippen MR) is 68.9 cm³/mol. The maximum atomic E-state index is 12.4. The van der Waals surface area contributed by atoms with Crippen LogP contribution in [0.3, 0.4) is 0 Å². The molecule has 2 saturated heterocycles. The molecule has 3 unspecified atom stereocenters. The van der Waals surface area contributed by atoms with Crippen molar-refractivity contribution < 1.29 is 4.79 Å². The van der Waals surface area contributed by atoms with Gasteiger partial charge in [0.05, 0.1) is 6.04 Å². The third kappa shape index (κ3) is 2.80. The van der Waals surface area contributed by atoms with E-state index in [-0.39, 0.29) is 6.04 Å². The van der Waals surface area contributed by atoms with Crippen LogP contribution >= 0.6 is 0 Å². The normalized spacial score (nSPS) is 32.8. The Hall–Kier alpha value is -0.610. The van der Waals surface area contributed by atoms with Gasteiger partial charge in [0.25, 0.3) is 0 Å². The van der Waals surface area contributed by atoms with Crippen LogP contribution in [0.2, 0.25) is 0 Å². The molecule has 0 bridgehead atoms. The highest BCUT2D eigenvalue weighted by Crippen LogP contribution is 2.25. The Morgan fingerprint density at radius 1 is 1.29 bits per heavy atom. The number of nitrogens with zero attached hydrogens (tertiary/aromatic N) is 2. The van der Waals surface area contributed by atoms with Gasteiger partial charge >= 0.3 is 0 Å². The summed E-state index contributed by atoms with van der Waals surface area (Å²) in [4.78, 5) is 16.8. The topological polar surface area (TPSA) is 35.6 Å². The van der Waals surface area contributed by atoms with E-state index in [1.807, 2.05) is 4.90 Å². The standard InChI is InChI=1S/C13H25N3O/c1-10-8-11(2)16(9-10)12(3)13(17)15-6-4-14-5-7-15/h10-12,14H,4-9H2,1-3H3. The lowest BCUT2D eigenvalue weighted by Gasteiger charge is -2.34. The molecular formula is C13H25N3O. The lowest BCUT2D eigenvalue weighted by molar-refractivity contribution is -0.137. The van der Waals surface area contributed by atoms with Crippen LogP contribution in [0.25, 0.3) is 0 Å². The fourth-order valence-corrected chi connectivity index (χ4v) is 3.16. The maximum Gasteiger partial charge on any atom is 0.239 e. The molecule has 0 aliphatic carbocycles. The molecule has 17 heavy (non-hydrogen) atoms. The van der Waals surface area contributed by atoms with E-state index >= 15 is 0 Å². The molecule has 4 nitrogen and oxygen atoms in total. The quantitative estimate of drug-likeness (QED) is 0.764. The van der Waals surface area contributed by atoms with Gasteiger partial charge in [0.1, 0.15) is 0 Å². The number of likely N-dealkylation sites (tertiary alicyclic amines) is 1. The van der Waals surface area contributed by atoms with E-state index < -0.39 is 0 Å². The van der Waals surface area contributed by atoms with E-state index in [0.717, 1.165) is 38.6 Å². The first kappa shape index (κ1) is 12.8. The van der Waals surface area contributed by atoms with Crippen molar-refractivity contribution in [1.29, 1.82) is 0 Å². The number of nitrogens with one attached hydrogen (secondary N) is 1. The van der Waals surface area contributed by atoms with E-state index in [0.29, 0.717) is 11.9 Å². The van der Waals surface area contributed by atoms with E-state index in [4.69, 9.17) is 0 Å². The Morgan fingerprint density at radius 2 is 1.94 bits per heavy atom. The molecule has 1 amide bonds. The van der Waals surface area contributed by atoms with Crippen molar-refractivity contribution in [2.24, 2.45) is 5.92 Å². The van der Waals surface area contributed by atoms with Gasteiger partial charge in [-0.2, -0.15) is 0 Å². The highest BCUT2D eigenvalue weighted by molar-refractivity contribution is 5.81. The maximum absolute atomic E-state index is 12.4. The fourth-order valence-electron chi connectivity index (χ4n) is 3.16. The largest absolute Gasteiger partial charge is 0.339 e. The molecule has 2 rings (SSSR count). The second-order valence-corrected chi connectivity index (χ2v) is 5.64. The van der Waals surface area contributed by atoms with E-state index in [2.05, 4.69) is 31.0 Å². The lowest BCUT2D eigenvalue weighted by atomic mass is 10.1. The predicted octanol–water partition coefficient (Wildman–Crippen LogP) is 0.537. The average molecular weight is 239 g/mol. The monoisotopic (exact) mass is 239 g/mol. The molecule has 0 saturated carbocycles. The van der Waals surface area contributed by atoms with Crippen LogP contribution in [-0.2, 0) is 4.79 Å². The number of carbonyl (C=O) groups excluding carboxylic acids is 1. The fraction of sp³-hybridized carbons (Fsp3) is 0.923. The first-order valence-electron chi connectivity index (χ1n) is 6.85. The van der Waals surface area contributed by atoms with Crippen molar-refractivity contribution in [3.8, 4) is 0 Å². The molecule has 2 fully saturated rings. The molecular weight excluding hydrogens is 214 g/mol. The van der Waals surface area contributed by atoms with Gasteiger partial charge in [0, 0.05) is 38.8 Å². The summed E-state index contributed by atoms with van der Waals surface area (Å²) >= 11 is 0. The summed E-state index contributed by atoms with van der Waals surface area (Å²) in [6.45, 7) is 11.2. The first-order valence-corrected chi connectivity index (χ1v) is 6.85. The Bertz CT molecular complexity index is 276. The molecule has 2 aliphatic heterocycles. The Balaban J connectivity index is 1.94. The van der Waals surface area contributed by atoms with Gasteiger partial charge < -0.3 is 10.2 Å². The number of carbonyl (C=O) groups is 1. The summed E-state index contributed by atoms with van der Waals surface area (Å²) in [6, 6.07) is 0.597. The van der Waals surface area contributed by atoms with E-state index in [1.165, 1.54) is 6.42 Å². The van der Waals surface area contributed by atoms with Crippen LogP contribution < -0.4 is 5.32 Å². The van der Waals surface area contributed by atoms with Crippen molar-refractivity contribution >= 4 is 5.91 Å². The number of piperazine rings is 1. The van der Waals surface area contributed by atoms with Gasteiger partial charge in [-0.05, 0) is 26.2 Å². The first-order chi connectivity index (χ1) is 8.09. The smallest absolute Gasteiger partial charge is 0.239 e. The molecule has 1 N–H and O–H groups in total. The zero-order chi connectivity index (χ0) is 12.4. The molecule has 2 aliphatic rings. The zero-order valence-electron chi connectivity index (χ0n) is 11.3. The Morgan fingerprint density at radius 3 is 2.47 bits per heavy atom. The molecule has 0 radical (unpaired) electrons. The Labute approximate surface area is 104 Å². The van der Waals surface area contributed by atoms with Crippen LogP contribution in [-0.4, -0.2) is 60.5 Å². The lowest BCUT2D eigenvalue weighted by Crippen LogP contribution is -2.53. The minimum Gasteiger partial charge on any atom is -0.339 e. The van der Waals surface area contributed by atoms with Gasteiger partial charge in [-0.25, -0.2) is 0 Å². The van der Waals surface area contributed by atoms with Crippen LogP contribution in [0.15, 0.2) is 0 Å². The molecule has 0 aromatic carbocycles. The van der Waals surface area contributed by atoms with Gasteiger partial charge in [0.2, 0.25) is 5.91 Å². The minimum absolute atomic E-state index is 0.0491. The second kappa shape index (κ2) is 5.36. The molecule has 98 valence electrons. The minimum atomic E-state index is 0.0491. The van der Waals surface area contributed by atoms with Crippen LogP contribution in [0.1, 0.15) is 27.2 Å². The summed E-state index contributed by atoms with van der Waals surface area (Å²) in [7, 11) is 0. The molecule has 0 aromatic rings. The van der Waals surface area contributed by atoms with E-state index in [1.54, 1.807) is 0 Å². The number of hydrogen-bond acceptors (Lipinski definition) is 3. The van der Waals surface area contributed by atoms with Crippen molar-refractivity contribution in [2.75, 3.05) is 32.7 Å². The van der Waals surface area contributed by atoms with Gasteiger partial charge in [-0.3, -0.25) is 9.69 Å². The van der Waals surface area contributed by atoms with Crippen LogP contribution in [0.5, 0.6) is 0 Å². The van der Waals surface area contributed by atoms with E-state index in [9.17, 15) is 4.79 Å². The van der Waals surface area contributed by atoms with Gasteiger partial charge in [-0.1, -0.05) is 6.92 Å². The van der Waals surface area contributed by atoms with Crippen LogP contribution in [0.4, 0.5) is 0 Å². The highest BCUT2D eigenvalue weighted by atomic mass is 16.2. The van der Waals surface area contributed by atoms with Crippen molar-refractivity contribution in [2.45, 2.75) is 39.3 Å². The third-order valence-electron chi connectivity index (χ3n) is 4.12. The number of amides is 1. The van der Waals surface area contributed by atoms with Crippen LogP contribution in [0, 0.1) is 5.92 Å². The Kier molecular flexibility index (Phi) is 4.05. The van der Waals surface area contributed by atoms with Crippen molar-refractivity contribution in [3.05, 3.63) is 0 Å². The zero-order valence-corrected chi connectivity index (χ0v) is 11.3. The summed E-state index contributed by atoms with van der Waals surface area (Å²) in [6.07, 6.45) is 1.22. The second-order valence-electron chi connectivity index (χ2n) is 5.64. The molecule has 2 heterocycles. The highest BCUT2D eigenvalue weighted by Gasteiger charge is 2.34. The van der Waals surface area contributed by atoms with Gasteiger partial charge in [0.15, 0.2) is 0 Å². The summed E-state index contributed by atoms with van der Waals surface area (Å²) < 4.78 is 0. The third-order valence-corrected chi connectivity index (χ3v) is 4.12. The van der Waals surface area contributed by atoms with Crippen molar-refractivity contribution in [1.82, 2.24) is 15.1 Å². The molecule has 4 heteroatoms. The SMILES string of the molecule is CC1CC(C)N(C(C)C(=O)N2CCNCC2)C1. The molecule has 0 aromatic heterocycles. The number of hydrogen-bond donors (Lipinski definition) is 1. The molecule has 0 spiro atoms. The van der Waals surface area contributed by atoms with Gasteiger partial charge in [-0.15, -0.1) is 0 Å².